The van der Waals surface area contributed by atoms with Crippen LogP contribution in [-0.2, 0) is 0 Å². The maximum atomic E-state index is 5.28. The van der Waals surface area contributed by atoms with Crippen LogP contribution in [0.25, 0.3) is 0 Å². The predicted molar refractivity (Wildman–Crippen MR) is 81.4 cm³/mol. The fourth-order valence-corrected chi connectivity index (χ4v) is 2.16. The molecule has 0 radical (unpaired) electrons. The summed E-state index contributed by atoms with van der Waals surface area (Å²) in [5, 5.41) is 3.59. The van der Waals surface area contributed by atoms with E-state index in [4.69, 9.17) is 6.42 Å². The van der Waals surface area contributed by atoms with Crippen molar-refractivity contribution >= 4 is 0 Å². The second-order valence-electron chi connectivity index (χ2n) is 4.32. The fraction of sp³-hybridized carbons (Fsp3) is 0.867. The molecule has 0 aromatic heterocycles. The van der Waals surface area contributed by atoms with Gasteiger partial charge in [-0.15, -0.1) is 12.3 Å². The van der Waals surface area contributed by atoms with E-state index in [0.29, 0.717) is 0 Å². The molecule has 0 spiro atoms. The summed E-state index contributed by atoms with van der Waals surface area (Å²) in [7, 11) is 0. The summed E-state index contributed by atoms with van der Waals surface area (Å²) < 4.78 is 0. The smallest absolute Gasteiger partial charge is 0.0214 e. The molecule has 1 aliphatic rings. The summed E-state index contributed by atoms with van der Waals surface area (Å²) in [6, 6.07) is 0.749. The number of terminal acetylenes is 1. The zero-order chi connectivity index (χ0) is 12.9. The van der Waals surface area contributed by atoms with Gasteiger partial charge >= 0.3 is 0 Å². The first kappa shape index (κ1) is 16.5. The maximum Gasteiger partial charge on any atom is 0.0214 e. The van der Waals surface area contributed by atoms with Crippen molar-refractivity contribution in [1.82, 2.24) is 10.2 Å². The SMILES string of the molecule is C#CCCN(CC)CCC1CCCCN1.CC.[HH].[HH]. The molecule has 1 N–H and O–H groups in total. The molecule has 0 saturated carbocycles. The average molecular weight is 242 g/mol. The van der Waals surface area contributed by atoms with Crippen LogP contribution < -0.4 is 5.32 Å². The molecule has 1 unspecified atom stereocenters. The van der Waals surface area contributed by atoms with Crippen molar-refractivity contribution in [3.63, 3.8) is 0 Å². The maximum absolute atomic E-state index is 5.28. The van der Waals surface area contributed by atoms with Gasteiger partial charge in [-0.25, -0.2) is 0 Å². The molecule has 0 aromatic carbocycles. The first-order valence-corrected chi connectivity index (χ1v) is 7.26. The number of nitrogens with one attached hydrogen (secondary N) is 1. The number of rotatable bonds is 6. The second-order valence-corrected chi connectivity index (χ2v) is 4.32. The third-order valence-electron chi connectivity index (χ3n) is 3.23. The Labute approximate surface area is 111 Å². The molecule has 1 aliphatic heterocycles. The second kappa shape index (κ2) is 12.0. The summed E-state index contributed by atoms with van der Waals surface area (Å²) in [6.45, 7) is 10.8. The van der Waals surface area contributed by atoms with Crippen LogP contribution in [-0.4, -0.2) is 37.1 Å². The van der Waals surface area contributed by atoms with Gasteiger partial charge in [-0.1, -0.05) is 27.2 Å². The first-order chi connectivity index (χ1) is 8.36. The molecule has 0 aromatic rings. The fourth-order valence-electron chi connectivity index (χ4n) is 2.16. The molecule has 1 atom stereocenters. The molecule has 1 saturated heterocycles. The van der Waals surface area contributed by atoms with Crippen LogP contribution >= 0.6 is 0 Å². The van der Waals surface area contributed by atoms with Crippen molar-refractivity contribution < 1.29 is 2.85 Å². The Morgan fingerprint density at radius 3 is 2.65 bits per heavy atom. The van der Waals surface area contributed by atoms with Gasteiger partial charge in [0.2, 0.25) is 0 Å². The lowest BCUT2D eigenvalue weighted by molar-refractivity contribution is 0.261. The van der Waals surface area contributed by atoms with Gasteiger partial charge in [0.05, 0.1) is 0 Å². The number of hydrogen-bond donors (Lipinski definition) is 1. The molecule has 2 nitrogen and oxygen atoms in total. The largest absolute Gasteiger partial charge is 0.314 e. The van der Waals surface area contributed by atoms with Gasteiger partial charge in [-0.2, -0.15) is 0 Å². The van der Waals surface area contributed by atoms with Gasteiger partial charge in [-0.05, 0) is 38.9 Å². The summed E-state index contributed by atoms with van der Waals surface area (Å²) in [5.41, 5.74) is 0. The molecule has 0 bridgehead atoms. The van der Waals surface area contributed by atoms with Crippen LogP contribution in [0.5, 0.6) is 0 Å². The number of hydrogen-bond acceptors (Lipinski definition) is 2. The predicted octanol–water partition coefficient (Wildman–Crippen LogP) is 3.38. The molecule has 104 valence electrons. The van der Waals surface area contributed by atoms with Crippen LogP contribution in [0.15, 0.2) is 0 Å². The van der Waals surface area contributed by atoms with Crippen LogP contribution in [0.1, 0.15) is 55.7 Å². The van der Waals surface area contributed by atoms with Crippen LogP contribution in [0.4, 0.5) is 0 Å². The monoisotopic (exact) mass is 242 g/mol. The van der Waals surface area contributed by atoms with E-state index in [1.165, 1.54) is 38.8 Å². The quantitative estimate of drug-likeness (QED) is 0.718. The summed E-state index contributed by atoms with van der Waals surface area (Å²) in [4.78, 5) is 2.45. The number of piperidine rings is 1. The normalized spacial score (nSPS) is 19.4. The van der Waals surface area contributed by atoms with Crippen LogP contribution in [0.3, 0.4) is 0 Å². The van der Waals surface area contributed by atoms with Gasteiger partial charge in [0.15, 0.2) is 0 Å². The highest BCUT2D eigenvalue weighted by atomic mass is 15.1. The highest BCUT2D eigenvalue weighted by Gasteiger charge is 2.13. The van der Waals surface area contributed by atoms with Crippen molar-refractivity contribution in [2.24, 2.45) is 0 Å². The molecule has 1 heterocycles. The first-order valence-electron chi connectivity index (χ1n) is 7.26. The minimum Gasteiger partial charge on any atom is -0.314 e. The Bertz CT molecular complexity index is 199. The van der Waals surface area contributed by atoms with Crippen molar-refractivity contribution in [3.05, 3.63) is 0 Å². The molecule has 2 heteroatoms. The van der Waals surface area contributed by atoms with Gasteiger partial charge < -0.3 is 10.2 Å². The van der Waals surface area contributed by atoms with Gasteiger partial charge in [0, 0.05) is 21.9 Å². The zero-order valence-electron chi connectivity index (χ0n) is 12.0. The van der Waals surface area contributed by atoms with Crippen molar-refractivity contribution in [2.75, 3.05) is 26.2 Å². The van der Waals surface area contributed by atoms with Crippen molar-refractivity contribution in [3.8, 4) is 12.3 Å². The lowest BCUT2D eigenvalue weighted by Crippen LogP contribution is -2.37. The lowest BCUT2D eigenvalue weighted by atomic mass is 10.0. The molecule has 17 heavy (non-hydrogen) atoms. The lowest BCUT2D eigenvalue weighted by Gasteiger charge is -2.26. The Morgan fingerprint density at radius 2 is 2.12 bits per heavy atom. The summed E-state index contributed by atoms with van der Waals surface area (Å²) in [6.07, 6.45) is 11.5. The van der Waals surface area contributed by atoms with E-state index in [0.717, 1.165) is 25.6 Å². The Balaban J connectivity index is -0.000000609. The van der Waals surface area contributed by atoms with E-state index in [-0.39, 0.29) is 2.85 Å². The average Bonchev–Trinajstić information content (AvgIpc) is 2.42. The van der Waals surface area contributed by atoms with E-state index in [1.807, 2.05) is 13.8 Å². The standard InChI is InChI=1S/C13H24N2.C2H6.2H2/c1-3-5-11-15(4-2)12-9-13-8-6-7-10-14-13;1-2;;/h1,13-14H,4-12H2,2H3;1-2H3;2*1H. The third kappa shape index (κ3) is 8.24. The van der Waals surface area contributed by atoms with E-state index >= 15 is 0 Å². The molecular formula is C15H34N2. The molecule has 0 amide bonds. The van der Waals surface area contributed by atoms with Crippen molar-refractivity contribution in [2.45, 2.75) is 58.9 Å². The van der Waals surface area contributed by atoms with E-state index in [2.05, 4.69) is 23.1 Å². The molecule has 1 fully saturated rings. The van der Waals surface area contributed by atoms with Gasteiger partial charge in [-0.3, -0.25) is 0 Å². The van der Waals surface area contributed by atoms with E-state index in [1.54, 1.807) is 0 Å². The van der Waals surface area contributed by atoms with Crippen molar-refractivity contribution in [1.29, 1.82) is 0 Å². The van der Waals surface area contributed by atoms with E-state index in [9.17, 15) is 0 Å². The summed E-state index contributed by atoms with van der Waals surface area (Å²) >= 11 is 0. The van der Waals surface area contributed by atoms with Gasteiger partial charge in [0.1, 0.15) is 0 Å². The zero-order valence-corrected chi connectivity index (χ0v) is 12.0. The van der Waals surface area contributed by atoms with Crippen LogP contribution in [0.2, 0.25) is 0 Å². The van der Waals surface area contributed by atoms with Crippen LogP contribution in [0, 0.1) is 12.3 Å². The highest BCUT2D eigenvalue weighted by Crippen LogP contribution is 2.10. The Hall–Kier alpha value is -0.520. The third-order valence-corrected chi connectivity index (χ3v) is 3.23. The number of nitrogens with zero attached hydrogens (tertiary/aromatic N) is 1. The summed E-state index contributed by atoms with van der Waals surface area (Å²) in [5.74, 6) is 2.71. The van der Waals surface area contributed by atoms with E-state index < -0.39 is 0 Å². The van der Waals surface area contributed by atoms with Gasteiger partial charge in [0.25, 0.3) is 0 Å². The Morgan fingerprint density at radius 1 is 1.35 bits per heavy atom. The minimum atomic E-state index is 0. The topological polar surface area (TPSA) is 15.3 Å². The molecular weight excluding hydrogens is 208 g/mol. The molecule has 0 aliphatic carbocycles. The highest BCUT2D eigenvalue weighted by molar-refractivity contribution is 4.85. The molecule has 1 rings (SSSR count). The minimum absolute atomic E-state index is 0. The Kier molecular flexibility index (Phi) is 11.6.